The molecule has 1 aromatic carbocycles. The summed E-state index contributed by atoms with van der Waals surface area (Å²) in [6.07, 6.45) is -0.472. The Bertz CT molecular complexity index is 533. The van der Waals surface area contributed by atoms with Gasteiger partial charge in [-0.2, -0.15) is 4.39 Å². The van der Waals surface area contributed by atoms with Crippen LogP contribution < -0.4 is 0 Å². The van der Waals surface area contributed by atoms with Gasteiger partial charge in [-0.1, -0.05) is 30.3 Å². The summed E-state index contributed by atoms with van der Waals surface area (Å²) in [5.74, 6) is -7.09. The maximum absolute atomic E-state index is 14.9. The summed E-state index contributed by atoms with van der Waals surface area (Å²) >= 11 is 0. The highest BCUT2D eigenvalue weighted by atomic mass is 19.1. The van der Waals surface area contributed by atoms with Crippen LogP contribution in [-0.4, -0.2) is 29.1 Å². The molecule has 0 aromatic heterocycles. The summed E-state index contributed by atoms with van der Waals surface area (Å²) in [6.45, 7) is 2.40. The molecule has 0 radical (unpaired) electrons. The van der Waals surface area contributed by atoms with Gasteiger partial charge in [-0.3, -0.25) is 14.9 Å². The van der Waals surface area contributed by atoms with Crippen molar-refractivity contribution < 1.29 is 23.6 Å². The Morgan fingerprint density at radius 2 is 1.95 bits per heavy atom. The molecule has 0 bridgehead atoms. The molecule has 7 heteroatoms. The highest BCUT2D eigenvalue weighted by Crippen LogP contribution is 2.36. The van der Waals surface area contributed by atoms with Gasteiger partial charge in [0.25, 0.3) is 0 Å². The number of rotatable bonds is 7. The van der Waals surface area contributed by atoms with Crippen LogP contribution in [0.3, 0.4) is 0 Å². The molecule has 0 aliphatic heterocycles. The van der Waals surface area contributed by atoms with E-state index in [0.29, 0.717) is 0 Å². The molecule has 6 nitrogen and oxygen atoms in total. The summed E-state index contributed by atoms with van der Waals surface area (Å²) in [6, 6.07) is 7.61. The van der Waals surface area contributed by atoms with E-state index in [1.165, 1.54) is 26.0 Å². The van der Waals surface area contributed by atoms with Crippen molar-refractivity contribution in [2.75, 3.05) is 6.61 Å². The average Bonchev–Trinajstić information content (AvgIpc) is 2.44. The largest absolute Gasteiger partial charge is 0.461 e. The number of hydrogen-bond acceptors (Lipinski definition) is 5. The van der Waals surface area contributed by atoms with Crippen LogP contribution in [0.25, 0.3) is 0 Å². The second-order valence-electron chi connectivity index (χ2n) is 4.52. The van der Waals surface area contributed by atoms with E-state index in [4.69, 9.17) is 0 Å². The molecule has 1 rings (SSSR count). The van der Waals surface area contributed by atoms with E-state index >= 15 is 0 Å². The molecule has 0 spiro atoms. The minimum Gasteiger partial charge on any atom is -0.458 e. The fourth-order valence-corrected chi connectivity index (χ4v) is 2.02. The molecule has 0 heterocycles. The van der Waals surface area contributed by atoms with Crippen molar-refractivity contribution in [2.45, 2.75) is 32.0 Å². The van der Waals surface area contributed by atoms with E-state index in [1.54, 1.807) is 18.2 Å². The van der Waals surface area contributed by atoms with Crippen LogP contribution in [-0.2, 0) is 14.3 Å². The topological polar surface area (TPSA) is 86.5 Å². The summed E-state index contributed by atoms with van der Waals surface area (Å²) in [5.41, 5.74) is 0.194. The predicted octanol–water partition coefficient (Wildman–Crippen LogP) is 2.25. The molecule has 0 aliphatic rings. The summed E-state index contributed by atoms with van der Waals surface area (Å²) in [4.78, 5) is 32.9. The Kier molecular flexibility index (Phi) is 5.52. The van der Waals surface area contributed by atoms with Gasteiger partial charge in [0, 0.05) is 6.42 Å². The van der Waals surface area contributed by atoms with Gasteiger partial charge in [-0.25, -0.2) is 4.79 Å². The van der Waals surface area contributed by atoms with E-state index in [0.717, 1.165) is 0 Å². The molecule has 0 unspecified atom stereocenters. The molecule has 0 saturated heterocycles. The summed E-state index contributed by atoms with van der Waals surface area (Å²) in [5, 5.41) is 11.2. The normalized spacial score (nSPS) is 14.8. The second kappa shape index (κ2) is 6.92. The van der Waals surface area contributed by atoms with Gasteiger partial charge in [0.05, 0.1) is 11.5 Å². The maximum Gasteiger partial charge on any atom is 0.461 e. The van der Waals surface area contributed by atoms with E-state index in [9.17, 15) is 24.1 Å². The fraction of sp³-hybridized carbons (Fsp3) is 0.429. The Morgan fingerprint density at radius 3 is 2.38 bits per heavy atom. The van der Waals surface area contributed by atoms with E-state index < -0.39 is 34.8 Å². The molecule has 0 amide bonds. The lowest BCUT2D eigenvalue weighted by molar-refractivity contribution is -0.594. The Hall–Kier alpha value is -2.31. The molecular formula is C14H16FNO5. The van der Waals surface area contributed by atoms with Crippen LogP contribution in [0.15, 0.2) is 30.3 Å². The highest BCUT2D eigenvalue weighted by molar-refractivity contribution is 5.82. The second-order valence-corrected chi connectivity index (χ2v) is 4.52. The third-order valence-corrected chi connectivity index (χ3v) is 2.98. The van der Waals surface area contributed by atoms with Crippen molar-refractivity contribution >= 4 is 11.8 Å². The highest BCUT2D eigenvalue weighted by Gasteiger charge is 2.61. The Balaban J connectivity index is 3.34. The smallest absolute Gasteiger partial charge is 0.458 e. The zero-order valence-corrected chi connectivity index (χ0v) is 11.7. The first kappa shape index (κ1) is 16.7. The fourth-order valence-electron chi connectivity index (χ4n) is 2.02. The van der Waals surface area contributed by atoms with Gasteiger partial charge >= 0.3 is 11.8 Å². The van der Waals surface area contributed by atoms with Gasteiger partial charge in [0.15, 0.2) is 0 Å². The minimum atomic E-state index is -3.50. The SMILES string of the molecule is CCOC(=O)[C@](F)([C@H](CC(C)=O)c1ccccc1)[N+](=O)[O-]. The molecule has 0 N–H and O–H groups in total. The van der Waals surface area contributed by atoms with Gasteiger partial charge in [0.1, 0.15) is 11.7 Å². The van der Waals surface area contributed by atoms with Crippen LogP contribution in [0, 0.1) is 10.1 Å². The number of halogens is 1. The van der Waals surface area contributed by atoms with Crippen LogP contribution in [0.4, 0.5) is 4.39 Å². The molecule has 1 aromatic rings. The van der Waals surface area contributed by atoms with Crippen molar-refractivity contribution in [3.63, 3.8) is 0 Å². The van der Waals surface area contributed by atoms with Gasteiger partial charge in [0.2, 0.25) is 0 Å². The number of esters is 1. The zero-order chi connectivity index (χ0) is 16.0. The van der Waals surface area contributed by atoms with Gasteiger partial charge in [-0.15, -0.1) is 0 Å². The lowest BCUT2D eigenvalue weighted by atomic mass is 9.85. The molecule has 21 heavy (non-hydrogen) atoms. The Morgan fingerprint density at radius 1 is 1.38 bits per heavy atom. The number of carbonyl (C=O) groups excluding carboxylic acids is 2. The third-order valence-electron chi connectivity index (χ3n) is 2.98. The van der Waals surface area contributed by atoms with E-state index in [2.05, 4.69) is 4.74 Å². The number of Topliss-reactive ketones (excluding diaryl/α,β-unsaturated/α-hetero) is 1. The Labute approximate surface area is 121 Å². The number of nitrogens with zero attached hydrogens (tertiary/aromatic N) is 1. The number of ether oxygens (including phenoxy) is 1. The van der Waals surface area contributed by atoms with Gasteiger partial charge in [-0.05, 0) is 19.4 Å². The van der Waals surface area contributed by atoms with Gasteiger partial charge < -0.3 is 4.74 Å². The number of hydrogen-bond donors (Lipinski definition) is 0. The monoisotopic (exact) mass is 297 g/mol. The number of benzene rings is 1. The molecule has 2 atom stereocenters. The number of alkyl halides is 1. The van der Waals surface area contributed by atoms with E-state index in [1.807, 2.05) is 0 Å². The first-order valence-corrected chi connectivity index (χ1v) is 6.39. The predicted molar refractivity (Wildman–Crippen MR) is 71.9 cm³/mol. The quantitative estimate of drug-likeness (QED) is 0.333. The summed E-state index contributed by atoms with van der Waals surface area (Å²) in [7, 11) is 0. The third kappa shape index (κ3) is 3.62. The molecule has 0 fully saturated rings. The lowest BCUT2D eigenvalue weighted by Gasteiger charge is -2.24. The number of nitro groups is 1. The first-order chi connectivity index (χ1) is 9.83. The average molecular weight is 297 g/mol. The summed E-state index contributed by atoms with van der Waals surface area (Å²) < 4.78 is 19.4. The van der Waals surface area contributed by atoms with Crippen LogP contribution in [0.5, 0.6) is 0 Å². The van der Waals surface area contributed by atoms with Crippen molar-refractivity contribution in [3.05, 3.63) is 46.0 Å². The van der Waals surface area contributed by atoms with Crippen molar-refractivity contribution in [1.29, 1.82) is 0 Å². The number of carbonyl (C=O) groups is 2. The molecule has 114 valence electrons. The first-order valence-electron chi connectivity index (χ1n) is 6.39. The standard InChI is InChI=1S/C14H16FNO5/c1-3-21-13(18)14(15,16(19)20)12(9-10(2)17)11-7-5-4-6-8-11/h4-8,12H,3,9H2,1-2H3/t12-,14+/m1/s1. The van der Waals surface area contributed by atoms with Crippen molar-refractivity contribution in [2.24, 2.45) is 0 Å². The van der Waals surface area contributed by atoms with Crippen LogP contribution >= 0.6 is 0 Å². The maximum atomic E-state index is 14.9. The molecule has 0 aliphatic carbocycles. The lowest BCUT2D eigenvalue weighted by Crippen LogP contribution is -2.49. The van der Waals surface area contributed by atoms with Crippen LogP contribution in [0.1, 0.15) is 31.7 Å². The van der Waals surface area contributed by atoms with Crippen molar-refractivity contribution in [1.82, 2.24) is 0 Å². The van der Waals surface area contributed by atoms with Crippen LogP contribution in [0.2, 0.25) is 0 Å². The van der Waals surface area contributed by atoms with E-state index in [-0.39, 0.29) is 12.2 Å². The number of ketones is 1. The minimum absolute atomic E-state index is 0.194. The molecular weight excluding hydrogens is 281 g/mol. The van der Waals surface area contributed by atoms with Crippen molar-refractivity contribution in [3.8, 4) is 0 Å². The molecule has 0 saturated carbocycles. The zero-order valence-electron chi connectivity index (χ0n) is 11.7.